The molecule has 140 valence electrons. The number of nitrogens with one attached hydrogen (secondary N) is 2. The zero-order valence-electron chi connectivity index (χ0n) is 14.2. The summed E-state index contributed by atoms with van der Waals surface area (Å²) in [4.78, 5) is 42.0. The summed E-state index contributed by atoms with van der Waals surface area (Å²) >= 11 is 0. The van der Waals surface area contributed by atoms with Gasteiger partial charge in [0.05, 0.1) is 7.11 Å². The lowest BCUT2D eigenvalue weighted by atomic mass is 10.2. The Hall–Kier alpha value is -2.56. The topological polar surface area (TPSA) is 122 Å². The molecule has 0 aliphatic carbocycles. The lowest BCUT2D eigenvalue weighted by molar-refractivity contribution is -0.145. The van der Waals surface area contributed by atoms with Crippen LogP contribution in [-0.4, -0.2) is 48.1 Å². The number of hydrogen-bond donors (Lipinski definition) is 3. The molecule has 0 aliphatic rings. The molecule has 0 saturated heterocycles. The molecule has 2 atom stereocenters. The summed E-state index contributed by atoms with van der Waals surface area (Å²) in [6.07, 6.45) is 8.96. The Balaban J connectivity index is -0.000000146. The number of hydrogen-bond acceptors (Lipinski definition) is 5. The largest absolute Gasteiger partial charge is 0.480 e. The number of terminal acetylenes is 1. The zero-order valence-corrected chi connectivity index (χ0v) is 14.2. The van der Waals surface area contributed by atoms with Crippen LogP contribution in [0.4, 0.5) is 0 Å². The Morgan fingerprint density at radius 3 is 1.46 bits per heavy atom. The van der Waals surface area contributed by atoms with E-state index in [-0.39, 0.29) is 19.2 Å². The average Bonchev–Trinajstić information content (AvgIpc) is 2.51. The second kappa shape index (κ2) is 18.5. The molecule has 8 nitrogen and oxygen atoms in total. The quantitative estimate of drug-likeness (QED) is 0.486. The number of carboxylic acid groups (broad SMARTS) is 1. The molecule has 3 N–H and O–H groups in total. The van der Waals surface area contributed by atoms with Crippen molar-refractivity contribution in [3.05, 3.63) is 0 Å². The van der Waals surface area contributed by atoms with Gasteiger partial charge in [0, 0.05) is 13.8 Å². The van der Waals surface area contributed by atoms with Gasteiger partial charge in [0.2, 0.25) is 11.8 Å². The van der Waals surface area contributed by atoms with Gasteiger partial charge in [-0.05, 0) is 12.8 Å². The Bertz CT molecular complexity index is 407. The summed E-state index contributed by atoms with van der Waals surface area (Å²) in [6, 6.07) is -1.24. The highest BCUT2D eigenvalue weighted by molar-refractivity contribution is 5.83. The first-order valence-electron chi connectivity index (χ1n) is 6.87. The smallest absolute Gasteiger partial charge is 0.328 e. The first-order chi connectivity index (χ1) is 10.7. The van der Waals surface area contributed by atoms with Crippen molar-refractivity contribution in [1.29, 1.82) is 0 Å². The predicted molar refractivity (Wildman–Crippen MR) is 92.1 cm³/mol. The van der Waals surface area contributed by atoms with Gasteiger partial charge < -0.3 is 20.5 Å². The number of esters is 1. The van der Waals surface area contributed by atoms with Crippen LogP contribution in [0.2, 0.25) is 0 Å². The Kier molecular flexibility index (Phi) is 22.7. The number of methoxy groups -OCH3 is 1. The molecule has 0 rings (SSSR count). The molecule has 0 heterocycles. The Morgan fingerprint density at radius 2 is 1.29 bits per heavy atom. The molecular formula is C16H30N2O6. The van der Waals surface area contributed by atoms with Crippen molar-refractivity contribution in [3.8, 4) is 12.8 Å². The van der Waals surface area contributed by atoms with E-state index in [0.29, 0.717) is 12.8 Å². The van der Waals surface area contributed by atoms with Crippen LogP contribution >= 0.6 is 0 Å². The third-order valence-corrected chi connectivity index (χ3v) is 2.36. The average molecular weight is 346 g/mol. The summed E-state index contributed by atoms with van der Waals surface area (Å²) in [7, 11) is 1.30. The molecule has 0 unspecified atom stereocenters. The maximum Gasteiger partial charge on any atom is 0.328 e. The van der Waals surface area contributed by atoms with Crippen LogP contribution in [0.15, 0.2) is 0 Å². The number of aliphatic carboxylic acids is 1. The second-order valence-corrected chi connectivity index (χ2v) is 4.18. The Labute approximate surface area is 144 Å². The molecule has 2 amide bonds. The van der Waals surface area contributed by atoms with Gasteiger partial charge >= 0.3 is 11.9 Å². The van der Waals surface area contributed by atoms with Crippen LogP contribution in [0, 0.1) is 12.8 Å². The third-order valence-electron chi connectivity index (χ3n) is 2.36. The molecule has 8 heteroatoms. The molecule has 0 aromatic carbocycles. The van der Waals surface area contributed by atoms with Crippen LogP contribution in [0.5, 0.6) is 0 Å². The summed E-state index contributed by atoms with van der Waals surface area (Å²) in [5, 5.41) is 13.2. The fraction of sp³-hybridized carbons (Fsp3) is 0.625. The standard InChI is InChI=1S/C7H13NO3.C6H11NO3.C2H2.CH4/c1-4-6(7(10)11-3)8-5(2)9;1-3-5(6(9)10)7-4(2)8;1-2;/h6H,4H2,1-3H3,(H,8,9);5H,3H2,1-2H3,(H,7,8)(H,9,10);1-2H;1H4/t6-;5-;;/m11../s1. The summed E-state index contributed by atoms with van der Waals surface area (Å²) < 4.78 is 4.45. The highest BCUT2D eigenvalue weighted by Gasteiger charge is 2.16. The molecule has 0 fully saturated rings. The first kappa shape index (κ1) is 29.5. The van der Waals surface area contributed by atoms with Gasteiger partial charge in [0.25, 0.3) is 0 Å². The van der Waals surface area contributed by atoms with Gasteiger partial charge in [-0.15, -0.1) is 12.8 Å². The van der Waals surface area contributed by atoms with E-state index < -0.39 is 24.0 Å². The number of amides is 2. The van der Waals surface area contributed by atoms with Crippen molar-refractivity contribution in [2.75, 3.05) is 7.11 Å². The highest BCUT2D eigenvalue weighted by atomic mass is 16.5. The van der Waals surface area contributed by atoms with Gasteiger partial charge in [-0.1, -0.05) is 21.3 Å². The van der Waals surface area contributed by atoms with E-state index in [1.54, 1.807) is 13.8 Å². The Morgan fingerprint density at radius 1 is 0.958 bits per heavy atom. The molecular weight excluding hydrogens is 316 g/mol. The number of rotatable bonds is 6. The van der Waals surface area contributed by atoms with Crippen molar-refractivity contribution in [2.24, 2.45) is 0 Å². The van der Waals surface area contributed by atoms with E-state index in [4.69, 9.17) is 5.11 Å². The second-order valence-electron chi connectivity index (χ2n) is 4.18. The summed E-state index contributed by atoms with van der Waals surface area (Å²) in [6.45, 7) is 6.17. The lowest BCUT2D eigenvalue weighted by Crippen LogP contribution is -2.39. The fourth-order valence-electron chi connectivity index (χ4n) is 1.30. The van der Waals surface area contributed by atoms with Gasteiger partial charge in [0.1, 0.15) is 12.1 Å². The zero-order chi connectivity index (χ0) is 19.0. The number of carbonyl (C=O) groups excluding carboxylic acids is 3. The third kappa shape index (κ3) is 17.5. The fourth-order valence-corrected chi connectivity index (χ4v) is 1.30. The lowest BCUT2D eigenvalue weighted by Gasteiger charge is -2.12. The summed E-state index contributed by atoms with van der Waals surface area (Å²) in [5.41, 5.74) is 0. The molecule has 0 bridgehead atoms. The minimum atomic E-state index is -0.988. The number of carboxylic acids is 1. The normalized spacial score (nSPS) is 10.6. The maximum absolute atomic E-state index is 10.8. The van der Waals surface area contributed by atoms with Gasteiger partial charge in [-0.3, -0.25) is 9.59 Å². The van der Waals surface area contributed by atoms with E-state index in [1.165, 1.54) is 21.0 Å². The van der Waals surface area contributed by atoms with Crippen LogP contribution in [0.25, 0.3) is 0 Å². The van der Waals surface area contributed by atoms with E-state index in [0.717, 1.165) is 0 Å². The van der Waals surface area contributed by atoms with Gasteiger partial charge in [-0.25, -0.2) is 9.59 Å². The summed E-state index contributed by atoms with van der Waals surface area (Å²) in [5.74, 6) is -1.92. The molecule has 0 radical (unpaired) electrons. The minimum Gasteiger partial charge on any atom is -0.480 e. The van der Waals surface area contributed by atoms with Crippen molar-refractivity contribution in [2.45, 2.75) is 60.0 Å². The van der Waals surface area contributed by atoms with Gasteiger partial charge in [-0.2, -0.15) is 0 Å². The van der Waals surface area contributed by atoms with Crippen molar-refractivity contribution < 1.29 is 29.0 Å². The molecule has 0 aromatic heterocycles. The van der Waals surface area contributed by atoms with E-state index in [2.05, 4.69) is 28.2 Å². The molecule has 24 heavy (non-hydrogen) atoms. The number of carbonyl (C=O) groups is 4. The van der Waals surface area contributed by atoms with Crippen LogP contribution in [0.1, 0.15) is 48.0 Å². The number of ether oxygens (including phenoxy) is 1. The van der Waals surface area contributed by atoms with Crippen LogP contribution in [0.3, 0.4) is 0 Å². The molecule has 0 saturated carbocycles. The van der Waals surface area contributed by atoms with Crippen molar-refractivity contribution >= 4 is 23.8 Å². The molecule has 0 spiro atoms. The first-order valence-corrected chi connectivity index (χ1v) is 6.87. The molecule has 0 aliphatic heterocycles. The van der Waals surface area contributed by atoms with Gasteiger partial charge in [0.15, 0.2) is 0 Å². The predicted octanol–water partition coefficient (Wildman–Crippen LogP) is 0.945. The molecule has 0 aromatic rings. The maximum atomic E-state index is 10.8. The van der Waals surface area contributed by atoms with Crippen LogP contribution in [-0.2, 0) is 23.9 Å². The van der Waals surface area contributed by atoms with Crippen molar-refractivity contribution in [3.63, 3.8) is 0 Å². The van der Waals surface area contributed by atoms with Crippen LogP contribution < -0.4 is 10.6 Å². The monoisotopic (exact) mass is 346 g/mol. The minimum absolute atomic E-state index is 0. The van der Waals surface area contributed by atoms with E-state index in [1.807, 2.05) is 0 Å². The van der Waals surface area contributed by atoms with E-state index >= 15 is 0 Å². The van der Waals surface area contributed by atoms with E-state index in [9.17, 15) is 19.2 Å². The van der Waals surface area contributed by atoms with Crippen molar-refractivity contribution in [1.82, 2.24) is 10.6 Å². The SMILES string of the molecule is C.C#C.CC[C@@H](NC(C)=O)C(=O)O.CC[C@@H](NC(C)=O)C(=O)OC. The highest BCUT2D eigenvalue weighted by Crippen LogP contribution is 1.92.